The number of hydrogen-bond donors (Lipinski definition) is 3. The fourth-order valence-electron chi connectivity index (χ4n) is 3.53. The number of likely N-dealkylation sites (tertiary alicyclic amines) is 1. The highest BCUT2D eigenvalue weighted by Crippen LogP contribution is 2.34. The smallest absolute Gasteiger partial charge is 0.330 e. The highest BCUT2D eigenvalue weighted by Gasteiger charge is 2.43. The van der Waals surface area contributed by atoms with Gasteiger partial charge in [-0.3, -0.25) is 19.2 Å². The first-order chi connectivity index (χ1) is 11.0. The van der Waals surface area contributed by atoms with E-state index in [1.54, 1.807) is 6.92 Å². The number of aliphatic hydroxyl groups excluding tert-OH is 2. The molecule has 0 amide bonds. The van der Waals surface area contributed by atoms with Crippen LogP contribution >= 0.6 is 0 Å². The van der Waals surface area contributed by atoms with Crippen molar-refractivity contribution in [3.63, 3.8) is 0 Å². The summed E-state index contributed by atoms with van der Waals surface area (Å²) in [6.07, 6.45) is 2.11. The van der Waals surface area contributed by atoms with E-state index in [1.165, 1.54) is 10.8 Å². The summed E-state index contributed by atoms with van der Waals surface area (Å²) in [6.45, 7) is 3.09. The molecule has 8 nitrogen and oxygen atoms in total. The van der Waals surface area contributed by atoms with Gasteiger partial charge in [-0.05, 0) is 32.9 Å². The number of ether oxygens (including phenoxy) is 1. The second kappa shape index (κ2) is 6.56. The summed E-state index contributed by atoms with van der Waals surface area (Å²) in [5, 5.41) is 19.4. The number of aryl methyl sites for hydroxylation is 1. The predicted octanol–water partition coefficient (Wildman–Crippen LogP) is -1.05. The van der Waals surface area contributed by atoms with Crippen molar-refractivity contribution >= 4 is 0 Å². The van der Waals surface area contributed by atoms with Crippen molar-refractivity contribution in [2.24, 2.45) is 0 Å². The van der Waals surface area contributed by atoms with Crippen molar-refractivity contribution in [2.75, 3.05) is 19.7 Å². The van der Waals surface area contributed by atoms with E-state index < -0.39 is 29.7 Å². The number of rotatable bonds is 4. The molecule has 23 heavy (non-hydrogen) atoms. The van der Waals surface area contributed by atoms with Gasteiger partial charge in [0.05, 0.1) is 6.61 Å². The van der Waals surface area contributed by atoms with Gasteiger partial charge < -0.3 is 14.9 Å². The molecule has 0 saturated carbocycles. The molecule has 2 aliphatic heterocycles. The minimum absolute atomic E-state index is 0.0521. The molecule has 3 N–H and O–H groups in total. The standard InChI is InChI=1S/C15H23N3O5/c1-9-7-18(15(22)16-14(9)21)12-6-10(17-4-2-3-5-17)13(23-12)11(20)8-19/h7,10-13,19-20H,2-6,8H2,1H3,(H,16,21,22)/t10-,11+,12-,13-/m0/s1. The fourth-order valence-corrected chi connectivity index (χ4v) is 3.53. The third-order valence-corrected chi connectivity index (χ3v) is 4.77. The lowest BCUT2D eigenvalue weighted by Crippen LogP contribution is -2.46. The Morgan fingerprint density at radius 2 is 2.09 bits per heavy atom. The number of hydrogen-bond acceptors (Lipinski definition) is 6. The first-order valence-electron chi connectivity index (χ1n) is 8.01. The largest absolute Gasteiger partial charge is 0.394 e. The zero-order valence-electron chi connectivity index (χ0n) is 13.1. The van der Waals surface area contributed by atoms with Gasteiger partial charge in [-0.15, -0.1) is 0 Å². The molecule has 4 atom stereocenters. The van der Waals surface area contributed by atoms with Crippen LogP contribution in [-0.2, 0) is 4.74 Å². The zero-order chi connectivity index (χ0) is 16.6. The molecule has 2 aliphatic rings. The van der Waals surface area contributed by atoms with Gasteiger partial charge >= 0.3 is 5.69 Å². The van der Waals surface area contributed by atoms with E-state index in [1.807, 2.05) is 0 Å². The van der Waals surface area contributed by atoms with Crippen LogP contribution in [0.25, 0.3) is 0 Å². The first-order valence-corrected chi connectivity index (χ1v) is 8.01. The summed E-state index contributed by atoms with van der Waals surface area (Å²) in [5.41, 5.74) is -0.505. The van der Waals surface area contributed by atoms with Crippen LogP contribution in [0.5, 0.6) is 0 Å². The molecule has 0 unspecified atom stereocenters. The Morgan fingerprint density at radius 3 is 2.74 bits per heavy atom. The molecule has 1 aromatic heterocycles. The van der Waals surface area contributed by atoms with E-state index in [0.29, 0.717) is 12.0 Å². The van der Waals surface area contributed by atoms with Gasteiger partial charge in [-0.1, -0.05) is 0 Å². The molecule has 8 heteroatoms. The zero-order valence-corrected chi connectivity index (χ0v) is 13.1. The molecule has 3 rings (SSSR count). The SMILES string of the molecule is Cc1cn([C@@H]2C[C@H](N3CCCC3)[C@@H]([C@H](O)CO)O2)c(=O)[nH]c1=O. The normalized spacial score (nSPS) is 30.0. The van der Waals surface area contributed by atoms with Crippen LogP contribution < -0.4 is 11.2 Å². The minimum atomic E-state index is -0.995. The summed E-state index contributed by atoms with van der Waals surface area (Å²) in [5.74, 6) is 0. The molecule has 3 heterocycles. The van der Waals surface area contributed by atoms with Gasteiger partial charge in [-0.25, -0.2) is 4.79 Å². The van der Waals surface area contributed by atoms with Crippen LogP contribution in [0.15, 0.2) is 15.8 Å². The number of aromatic amines is 1. The predicted molar refractivity (Wildman–Crippen MR) is 82.3 cm³/mol. The average molecular weight is 325 g/mol. The third kappa shape index (κ3) is 3.12. The monoisotopic (exact) mass is 325 g/mol. The molecule has 0 radical (unpaired) electrons. The van der Waals surface area contributed by atoms with Crippen molar-refractivity contribution in [3.05, 3.63) is 32.6 Å². The maximum absolute atomic E-state index is 12.1. The minimum Gasteiger partial charge on any atom is -0.394 e. The number of nitrogens with one attached hydrogen (secondary N) is 1. The summed E-state index contributed by atoms with van der Waals surface area (Å²) in [6, 6.07) is -0.0521. The molecular formula is C15H23N3O5. The van der Waals surface area contributed by atoms with Gasteiger partial charge in [0.15, 0.2) is 0 Å². The fraction of sp³-hybridized carbons (Fsp3) is 0.733. The molecule has 0 aliphatic carbocycles. The van der Waals surface area contributed by atoms with Crippen molar-refractivity contribution in [2.45, 2.75) is 50.7 Å². The number of aliphatic hydroxyl groups is 2. The molecule has 2 saturated heterocycles. The number of aromatic nitrogens is 2. The van der Waals surface area contributed by atoms with Gasteiger partial charge in [-0.2, -0.15) is 0 Å². The van der Waals surface area contributed by atoms with E-state index in [2.05, 4.69) is 9.88 Å². The molecule has 0 bridgehead atoms. The summed E-state index contributed by atoms with van der Waals surface area (Å²) >= 11 is 0. The van der Waals surface area contributed by atoms with Crippen LogP contribution in [0.3, 0.4) is 0 Å². The summed E-state index contributed by atoms with van der Waals surface area (Å²) < 4.78 is 7.26. The van der Waals surface area contributed by atoms with Crippen molar-refractivity contribution in [1.82, 2.24) is 14.5 Å². The highest BCUT2D eigenvalue weighted by molar-refractivity contribution is 5.03. The van der Waals surface area contributed by atoms with E-state index >= 15 is 0 Å². The van der Waals surface area contributed by atoms with Crippen molar-refractivity contribution in [3.8, 4) is 0 Å². The maximum Gasteiger partial charge on any atom is 0.330 e. The Kier molecular flexibility index (Phi) is 4.67. The van der Waals surface area contributed by atoms with Crippen LogP contribution in [0.1, 0.15) is 31.1 Å². The van der Waals surface area contributed by atoms with Gasteiger partial charge in [0, 0.05) is 24.2 Å². The van der Waals surface area contributed by atoms with Crippen LogP contribution in [0, 0.1) is 6.92 Å². The number of nitrogens with zero attached hydrogens (tertiary/aromatic N) is 2. The summed E-state index contributed by atoms with van der Waals surface area (Å²) in [7, 11) is 0. The van der Waals surface area contributed by atoms with E-state index in [-0.39, 0.29) is 12.6 Å². The molecule has 0 aromatic carbocycles. The second-order valence-electron chi connectivity index (χ2n) is 6.33. The van der Waals surface area contributed by atoms with Crippen molar-refractivity contribution < 1.29 is 14.9 Å². The second-order valence-corrected chi connectivity index (χ2v) is 6.33. The maximum atomic E-state index is 12.1. The Hall–Kier alpha value is -1.48. The highest BCUT2D eigenvalue weighted by atomic mass is 16.5. The molecule has 1 aromatic rings. The number of H-pyrrole nitrogens is 1. The Balaban J connectivity index is 1.89. The quantitative estimate of drug-likeness (QED) is 0.652. The van der Waals surface area contributed by atoms with Crippen LogP contribution in [-0.4, -0.2) is 62.6 Å². The lowest BCUT2D eigenvalue weighted by molar-refractivity contribution is -0.0882. The average Bonchev–Trinajstić information content (AvgIpc) is 3.18. The van der Waals surface area contributed by atoms with Gasteiger partial charge in [0.1, 0.15) is 18.4 Å². The summed E-state index contributed by atoms with van der Waals surface area (Å²) in [4.78, 5) is 28.1. The van der Waals surface area contributed by atoms with Gasteiger partial charge in [0.2, 0.25) is 0 Å². The molecule has 2 fully saturated rings. The van der Waals surface area contributed by atoms with Gasteiger partial charge in [0.25, 0.3) is 5.56 Å². The van der Waals surface area contributed by atoms with Crippen LogP contribution in [0.4, 0.5) is 0 Å². The molecular weight excluding hydrogens is 302 g/mol. The van der Waals surface area contributed by atoms with E-state index in [9.17, 15) is 19.8 Å². The van der Waals surface area contributed by atoms with Crippen molar-refractivity contribution in [1.29, 1.82) is 0 Å². The Bertz CT molecular complexity index is 664. The lowest BCUT2D eigenvalue weighted by atomic mass is 10.0. The Morgan fingerprint density at radius 1 is 1.39 bits per heavy atom. The third-order valence-electron chi connectivity index (χ3n) is 4.77. The molecule has 128 valence electrons. The topological polar surface area (TPSA) is 108 Å². The lowest BCUT2D eigenvalue weighted by Gasteiger charge is -2.29. The van der Waals surface area contributed by atoms with E-state index in [0.717, 1.165) is 25.9 Å². The van der Waals surface area contributed by atoms with Crippen LogP contribution in [0.2, 0.25) is 0 Å². The molecule has 0 spiro atoms. The Labute approximate surface area is 133 Å². The van der Waals surface area contributed by atoms with E-state index in [4.69, 9.17) is 4.74 Å². The first kappa shape index (κ1) is 16.4.